The van der Waals surface area contributed by atoms with Gasteiger partial charge in [-0.05, 0) is 38.2 Å². The maximum atomic E-state index is 10.5. The summed E-state index contributed by atoms with van der Waals surface area (Å²) >= 11 is 0. The van der Waals surface area contributed by atoms with Gasteiger partial charge < -0.3 is 0 Å². The van der Waals surface area contributed by atoms with E-state index in [1.165, 1.54) is 11.3 Å². The zero-order valence-electron chi connectivity index (χ0n) is 13.9. The van der Waals surface area contributed by atoms with E-state index < -0.39 is 0 Å². The number of nitrogens with zero attached hydrogens (tertiary/aromatic N) is 3. The highest BCUT2D eigenvalue weighted by molar-refractivity contribution is 5.82. The van der Waals surface area contributed by atoms with Crippen molar-refractivity contribution in [3.05, 3.63) is 16.7 Å². The lowest BCUT2D eigenvalue weighted by Crippen LogP contribution is -2.36. The van der Waals surface area contributed by atoms with Crippen molar-refractivity contribution in [2.45, 2.75) is 66.3 Å². The number of rotatable bonds is 6. The summed E-state index contributed by atoms with van der Waals surface area (Å²) in [5, 5.41) is 3.14. The lowest BCUT2D eigenvalue weighted by atomic mass is 10.1. The Kier molecular flexibility index (Phi) is 11.2. The highest BCUT2D eigenvalue weighted by atomic mass is 16.3. The minimum Gasteiger partial charge on any atom is -0.299 e. The van der Waals surface area contributed by atoms with Crippen LogP contribution in [0.25, 0.3) is 0 Å². The molecule has 0 aromatic carbocycles. The van der Waals surface area contributed by atoms with Gasteiger partial charge in [-0.3, -0.25) is 9.89 Å². The molecule has 0 spiro atoms. The smallest absolute Gasteiger partial charge is 0.0944 e. The molecule has 1 aliphatic rings. The fourth-order valence-corrected chi connectivity index (χ4v) is 2.01. The van der Waals surface area contributed by atoms with E-state index in [1.54, 1.807) is 0 Å². The van der Waals surface area contributed by atoms with Crippen LogP contribution in [-0.2, 0) is 0 Å². The Labute approximate surface area is 124 Å². The third-order valence-corrected chi connectivity index (χ3v) is 3.57. The van der Waals surface area contributed by atoms with Gasteiger partial charge in [-0.1, -0.05) is 32.9 Å². The number of hydrogen-bond donors (Lipinski definition) is 0. The van der Waals surface area contributed by atoms with Crippen LogP contribution in [0.15, 0.2) is 21.9 Å². The van der Waals surface area contributed by atoms with Crippen molar-refractivity contribution in [2.24, 2.45) is 10.2 Å². The molecule has 1 saturated heterocycles. The van der Waals surface area contributed by atoms with Crippen molar-refractivity contribution in [3.8, 4) is 0 Å². The standard InChI is InChI=1S/C14H25N3O.C2H6/c1-4-12(3)15-10-13(5-2)11-17-8-6-14(16-18)7-9-17;1-2/h10,14H,4-9,11H2,1-3H3;1-2H3/b13-10+,15-12?;. The molecule has 0 unspecified atom stereocenters. The first-order chi connectivity index (χ1) is 9.69. The predicted molar refractivity (Wildman–Crippen MR) is 88.4 cm³/mol. The second-order valence-corrected chi connectivity index (χ2v) is 4.97. The average molecular weight is 281 g/mol. The molecule has 1 heterocycles. The van der Waals surface area contributed by atoms with Gasteiger partial charge in [0.05, 0.1) is 6.04 Å². The van der Waals surface area contributed by atoms with Gasteiger partial charge in [0.25, 0.3) is 0 Å². The molecule has 4 nitrogen and oxygen atoms in total. The minimum atomic E-state index is 0.0377. The van der Waals surface area contributed by atoms with Gasteiger partial charge in [0.15, 0.2) is 0 Å². The Hall–Kier alpha value is -1.03. The van der Waals surface area contributed by atoms with Crippen molar-refractivity contribution in [2.75, 3.05) is 19.6 Å². The van der Waals surface area contributed by atoms with Gasteiger partial charge in [0.2, 0.25) is 0 Å². The van der Waals surface area contributed by atoms with E-state index in [-0.39, 0.29) is 6.04 Å². The molecule has 0 atom stereocenters. The zero-order chi connectivity index (χ0) is 15.4. The molecule has 0 aromatic heterocycles. The monoisotopic (exact) mass is 281 g/mol. The van der Waals surface area contributed by atoms with Gasteiger partial charge in [-0.15, -0.1) is 0 Å². The van der Waals surface area contributed by atoms with Crippen molar-refractivity contribution in [1.82, 2.24) is 4.90 Å². The van der Waals surface area contributed by atoms with Crippen LogP contribution in [0.3, 0.4) is 0 Å². The molecule has 20 heavy (non-hydrogen) atoms. The van der Waals surface area contributed by atoms with Gasteiger partial charge in [0.1, 0.15) is 0 Å². The van der Waals surface area contributed by atoms with Gasteiger partial charge in [0, 0.05) is 31.5 Å². The summed E-state index contributed by atoms with van der Waals surface area (Å²) in [6.45, 7) is 13.3. The second-order valence-electron chi connectivity index (χ2n) is 4.97. The van der Waals surface area contributed by atoms with Crippen molar-refractivity contribution >= 4 is 5.71 Å². The summed E-state index contributed by atoms with van der Waals surface area (Å²) in [4.78, 5) is 17.3. The van der Waals surface area contributed by atoms with Crippen molar-refractivity contribution < 1.29 is 0 Å². The van der Waals surface area contributed by atoms with E-state index in [0.29, 0.717) is 0 Å². The van der Waals surface area contributed by atoms with Crippen LogP contribution in [0.2, 0.25) is 0 Å². The van der Waals surface area contributed by atoms with E-state index in [9.17, 15) is 4.91 Å². The van der Waals surface area contributed by atoms with Crippen LogP contribution < -0.4 is 0 Å². The predicted octanol–water partition coefficient (Wildman–Crippen LogP) is 4.41. The van der Waals surface area contributed by atoms with Crippen molar-refractivity contribution in [3.63, 3.8) is 0 Å². The molecule has 0 saturated carbocycles. The molecule has 0 N–H and O–H groups in total. The number of hydrogen-bond acceptors (Lipinski definition) is 4. The van der Waals surface area contributed by atoms with Crippen LogP contribution in [0.4, 0.5) is 0 Å². The van der Waals surface area contributed by atoms with Crippen LogP contribution in [0, 0.1) is 4.91 Å². The molecular formula is C16H31N3O. The van der Waals surface area contributed by atoms with E-state index in [2.05, 4.69) is 35.8 Å². The molecule has 0 aliphatic carbocycles. The summed E-state index contributed by atoms with van der Waals surface area (Å²) < 4.78 is 0. The number of aliphatic imine (C=N–C) groups is 1. The Bertz CT molecular complexity index is 316. The molecule has 0 aromatic rings. The van der Waals surface area contributed by atoms with Crippen LogP contribution in [-0.4, -0.2) is 36.3 Å². The molecule has 1 fully saturated rings. The maximum Gasteiger partial charge on any atom is 0.0944 e. The van der Waals surface area contributed by atoms with E-state index >= 15 is 0 Å². The van der Waals surface area contributed by atoms with E-state index in [4.69, 9.17) is 0 Å². The molecule has 116 valence electrons. The Morgan fingerprint density at radius 3 is 2.25 bits per heavy atom. The molecule has 0 radical (unpaired) electrons. The van der Waals surface area contributed by atoms with Gasteiger partial charge in [-0.25, -0.2) is 0 Å². The summed E-state index contributed by atoms with van der Waals surface area (Å²) in [6, 6.07) is 0.0377. The van der Waals surface area contributed by atoms with E-state index in [1.807, 2.05) is 20.0 Å². The summed E-state index contributed by atoms with van der Waals surface area (Å²) in [6.07, 6.45) is 5.86. The molecule has 0 amide bonds. The fraction of sp³-hybridized carbons (Fsp3) is 0.812. The van der Waals surface area contributed by atoms with Gasteiger partial charge >= 0.3 is 0 Å². The molecule has 4 heteroatoms. The van der Waals surface area contributed by atoms with E-state index in [0.717, 1.165) is 45.3 Å². The summed E-state index contributed by atoms with van der Waals surface area (Å²) in [7, 11) is 0. The first-order valence-electron chi connectivity index (χ1n) is 7.95. The topological polar surface area (TPSA) is 45.0 Å². The van der Waals surface area contributed by atoms with Crippen LogP contribution in [0.5, 0.6) is 0 Å². The number of likely N-dealkylation sites (tertiary alicyclic amines) is 1. The molecule has 1 aliphatic heterocycles. The SMILES string of the molecule is CC.CCC(C)=N/C=C(\CC)CN1CCC(N=O)CC1. The number of nitroso groups, excluding NO2 is 1. The molecule has 1 rings (SSSR count). The first kappa shape index (κ1) is 19.0. The van der Waals surface area contributed by atoms with Crippen LogP contribution in [0.1, 0.15) is 60.3 Å². The highest BCUT2D eigenvalue weighted by Crippen LogP contribution is 2.15. The van der Waals surface area contributed by atoms with Crippen molar-refractivity contribution in [1.29, 1.82) is 0 Å². The third-order valence-electron chi connectivity index (χ3n) is 3.57. The van der Waals surface area contributed by atoms with Crippen LogP contribution >= 0.6 is 0 Å². The molecular weight excluding hydrogens is 250 g/mol. The van der Waals surface area contributed by atoms with Gasteiger partial charge in [-0.2, -0.15) is 4.91 Å². The maximum absolute atomic E-state index is 10.5. The Morgan fingerprint density at radius 1 is 1.20 bits per heavy atom. The fourth-order valence-electron chi connectivity index (χ4n) is 2.01. The zero-order valence-corrected chi connectivity index (χ0v) is 13.9. The summed E-state index contributed by atoms with van der Waals surface area (Å²) in [5.74, 6) is 0. The largest absolute Gasteiger partial charge is 0.299 e. The first-order valence-corrected chi connectivity index (χ1v) is 7.95. The Morgan fingerprint density at radius 2 is 1.80 bits per heavy atom. The molecule has 0 bridgehead atoms. The lowest BCUT2D eigenvalue weighted by molar-refractivity contribution is 0.228. The third kappa shape index (κ3) is 7.53. The number of piperidine rings is 1. The average Bonchev–Trinajstić information content (AvgIpc) is 2.53. The minimum absolute atomic E-state index is 0.0377. The second kappa shape index (κ2) is 11.8. The normalized spacial score (nSPS) is 18.4. The highest BCUT2D eigenvalue weighted by Gasteiger charge is 2.19. The quantitative estimate of drug-likeness (QED) is 0.535. The summed E-state index contributed by atoms with van der Waals surface area (Å²) in [5.41, 5.74) is 2.53. The Balaban J connectivity index is 0.00000172. The lowest BCUT2D eigenvalue weighted by Gasteiger charge is -2.29.